The number of rotatable bonds is 5. The van der Waals surface area contributed by atoms with Crippen molar-refractivity contribution in [2.24, 2.45) is 0 Å². The molecule has 0 unspecified atom stereocenters. The summed E-state index contributed by atoms with van der Waals surface area (Å²) in [6, 6.07) is 3.94. The van der Waals surface area contributed by atoms with Gasteiger partial charge in [-0.25, -0.2) is 4.98 Å². The summed E-state index contributed by atoms with van der Waals surface area (Å²) >= 11 is 3.14. The van der Waals surface area contributed by atoms with Crippen LogP contribution in [0.1, 0.15) is 22.2 Å². The molecule has 5 nitrogen and oxygen atoms in total. The minimum atomic E-state index is 0.579. The van der Waals surface area contributed by atoms with Crippen LogP contribution in [0.4, 0.5) is 0 Å². The van der Waals surface area contributed by atoms with E-state index in [2.05, 4.69) is 20.2 Å². The van der Waals surface area contributed by atoms with Gasteiger partial charge in [0.05, 0.1) is 17.1 Å². The number of aromatic nitrogens is 4. The number of hydrogen-bond donors (Lipinski definition) is 0. The molecule has 0 N–H and O–H groups in total. The van der Waals surface area contributed by atoms with E-state index in [1.807, 2.05) is 30.6 Å². The lowest BCUT2D eigenvalue weighted by Crippen LogP contribution is -1.88. The van der Waals surface area contributed by atoms with E-state index < -0.39 is 0 Å². The van der Waals surface area contributed by atoms with Crippen molar-refractivity contribution >= 4 is 23.1 Å². The fourth-order valence-electron chi connectivity index (χ4n) is 1.64. The van der Waals surface area contributed by atoms with Crippen LogP contribution in [-0.4, -0.2) is 20.2 Å². The summed E-state index contributed by atoms with van der Waals surface area (Å²) in [5.41, 5.74) is 2.10. The van der Waals surface area contributed by atoms with Crippen LogP contribution in [0.25, 0.3) is 0 Å². The maximum absolute atomic E-state index is 5.60. The molecule has 3 aromatic rings. The standard InChI is InChI=1S/C13H12N4OS2/c1-9-15-11(8-19-9)5-12-16-17-13(18-12)20-7-10-3-2-4-14-6-10/h2-4,6,8H,5,7H2,1H3. The molecule has 20 heavy (non-hydrogen) atoms. The highest BCUT2D eigenvalue weighted by atomic mass is 32.2. The van der Waals surface area contributed by atoms with Crippen molar-refractivity contribution in [3.8, 4) is 0 Å². The average Bonchev–Trinajstić information content (AvgIpc) is 3.08. The van der Waals surface area contributed by atoms with Gasteiger partial charge in [0.2, 0.25) is 5.89 Å². The summed E-state index contributed by atoms with van der Waals surface area (Å²) in [5, 5.41) is 11.7. The Morgan fingerprint density at radius 2 is 2.30 bits per heavy atom. The average molecular weight is 304 g/mol. The largest absolute Gasteiger partial charge is 0.416 e. The first kappa shape index (κ1) is 13.3. The third kappa shape index (κ3) is 3.43. The number of thioether (sulfide) groups is 1. The van der Waals surface area contributed by atoms with Crippen molar-refractivity contribution in [3.05, 3.63) is 52.1 Å². The van der Waals surface area contributed by atoms with Crippen LogP contribution in [0.3, 0.4) is 0 Å². The molecule has 0 spiro atoms. The summed E-state index contributed by atoms with van der Waals surface area (Å²) < 4.78 is 5.60. The topological polar surface area (TPSA) is 64.7 Å². The molecule has 102 valence electrons. The predicted molar refractivity (Wildman–Crippen MR) is 77.8 cm³/mol. The van der Waals surface area contributed by atoms with Gasteiger partial charge in [0.25, 0.3) is 5.22 Å². The van der Waals surface area contributed by atoms with Gasteiger partial charge in [-0.15, -0.1) is 21.5 Å². The van der Waals surface area contributed by atoms with E-state index in [0.717, 1.165) is 22.0 Å². The molecule has 3 heterocycles. The molecule has 0 saturated carbocycles. The second-order valence-electron chi connectivity index (χ2n) is 4.15. The number of aryl methyl sites for hydroxylation is 1. The van der Waals surface area contributed by atoms with Gasteiger partial charge in [-0.1, -0.05) is 17.8 Å². The fourth-order valence-corrected chi connectivity index (χ4v) is 2.97. The monoisotopic (exact) mass is 304 g/mol. The van der Waals surface area contributed by atoms with Crippen molar-refractivity contribution < 1.29 is 4.42 Å². The van der Waals surface area contributed by atoms with Crippen LogP contribution < -0.4 is 0 Å². The van der Waals surface area contributed by atoms with E-state index in [1.165, 1.54) is 11.8 Å². The Bertz CT molecular complexity index is 681. The quantitative estimate of drug-likeness (QED) is 0.675. The second kappa shape index (κ2) is 6.15. The Morgan fingerprint density at radius 1 is 1.35 bits per heavy atom. The van der Waals surface area contributed by atoms with Gasteiger partial charge >= 0.3 is 0 Å². The van der Waals surface area contributed by atoms with E-state index in [1.54, 1.807) is 17.5 Å². The molecular weight excluding hydrogens is 292 g/mol. The molecule has 0 aliphatic rings. The minimum Gasteiger partial charge on any atom is -0.416 e. The second-order valence-corrected chi connectivity index (χ2v) is 6.14. The molecule has 3 rings (SSSR count). The Balaban J connectivity index is 1.59. The van der Waals surface area contributed by atoms with Gasteiger partial charge in [0.1, 0.15) is 0 Å². The maximum Gasteiger partial charge on any atom is 0.276 e. The van der Waals surface area contributed by atoms with E-state index in [9.17, 15) is 0 Å². The SMILES string of the molecule is Cc1nc(Cc2nnc(SCc3cccnc3)o2)cs1. The van der Waals surface area contributed by atoms with Gasteiger partial charge in [-0.3, -0.25) is 4.98 Å². The Labute approximate surface area is 124 Å². The van der Waals surface area contributed by atoms with Crippen molar-refractivity contribution in [1.29, 1.82) is 0 Å². The van der Waals surface area contributed by atoms with Crippen molar-refractivity contribution in [2.45, 2.75) is 24.3 Å². The van der Waals surface area contributed by atoms with Crippen LogP contribution in [0.15, 0.2) is 39.5 Å². The molecule has 3 aromatic heterocycles. The lowest BCUT2D eigenvalue weighted by molar-refractivity contribution is 0.419. The first-order chi connectivity index (χ1) is 9.79. The summed E-state index contributed by atoms with van der Waals surface area (Å²) in [6.07, 6.45) is 4.18. The lowest BCUT2D eigenvalue weighted by atomic mass is 10.3. The summed E-state index contributed by atoms with van der Waals surface area (Å²) in [7, 11) is 0. The zero-order chi connectivity index (χ0) is 13.8. The molecule has 0 aliphatic carbocycles. The van der Waals surface area contributed by atoms with Crippen LogP contribution in [0.2, 0.25) is 0 Å². The van der Waals surface area contributed by atoms with E-state index in [-0.39, 0.29) is 0 Å². The summed E-state index contributed by atoms with van der Waals surface area (Å²) in [4.78, 5) is 8.46. The Morgan fingerprint density at radius 3 is 3.05 bits per heavy atom. The maximum atomic E-state index is 5.60. The molecule has 0 fully saturated rings. The first-order valence-corrected chi connectivity index (χ1v) is 7.91. The van der Waals surface area contributed by atoms with Gasteiger partial charge in [0.15, 0.2) is 0 Å². The highest BCUT2D eigenvalue weighted by molar-refractivity contribution is 7.98. The molecule has 7 heteroatoms. The normalized spacial score (nSPS) is 10.8. The van der Waals surface area contributed by atoms with Crippen LogP contribution >= 0.6 is 23.1 Å². The molecule has 0 aromatic carbocycles. The van der Waals surface area contributed by atoms with Crippen molar-refractivity contribution in [2.75, 3.05) is 0 Å². The van der Waals surface area contributed by atoms with E-state index >= 15 is 0 Å². The van der Waals surface area contributed by atoms with Crippen molar-refractivity contribution in [1.82, 2.24) is 20.2 Å². The summed E-state index contributed by atoms with van der Waals surface area (Å²) in [6.45, 7) is 1.98. The Kier molecular flexibility index (Phi) is 4.08. The molecular formula is C13H12N4OS2. The fraction of sp³-hybridized carbons (Fsp3) is 0.231. The third-order valence-corrected chi connectivity index (χ3v) is 4.24. The van der Waals surface area contributed by atoms with Crippen LogP contribution in [0.5, 0.6) is 0 Å². The molecule has 0 radical (unpaired) electrons. The smallest absolute Gasteiger partial charge is 0.276 e. The third-order valence-electron chi connectivity index (χ3n) is 2.53. The molecule has 0 aliphatic heterocycles. The van der Waals surface area contributed by atoms with Crippen molar-refractivity contribution in [3.63, 3.8) is 0 Å². The Hall–Kier alpha value is -1.73. The zero-order valence-electron chi connectivity index (χ0n) is 10.8. The number of nitrogens with zero attached hydrogens (tertiary/aromatic N) is 4. The van der Waals surface area contributed by atoms with Gasteiger partial charge < -0.3 is 4.42 Å². The van der Waals surface area contributed by atoms with E-state index in [4.69, 9.17) is 4.42 Å². The number of thiazole rings is 1. The predicted octanol–water partition coefficient (Wildman–Crippen LogP) is 3.11. The van der Waals surface area contributed by atoms with Gasteiger partial charge in [0, 0.05) is 23.5 Å². The van der Waals surface area contributed by atoms with E-state index in [0.29, 0.717) is 17.5 Å². The molecule has 0 amide bonds. The number of pyridine rings is 1. The first-order valence-electron chi connectivity index (χ1n) is 6.05. The van der Waals surface area contributed by atoms with Gasteiger partial charge in [-0.05, 0) is 18.6 Å². The molecule has 0 bridgehead atoms. The zero-order valence-corrected chi connectivity index (χ0v) is 12.4. The lowest BCUT2D eigenvalue weighted by Gasteiger charge is -1.95. The summed E-state index contributed by atoms with van der Waals surface area (Å²) in [5.74, 6) is 1.37. The highest BCUT2D eigenvalue weighted by Gasteiger charge is 2.09. The van der Waals surface area contributed by atoms with Crippen LogP contribution in [-0.2, 0) is 12.2 Å². The van der Waals surface area contributed by atoms with Gasteiger partial charge in [-0.2, -0.15) is 0 Å². The molecule has 0 atom stereocenters. The minimum absolute atomic E-state index is 0.579. The van der Waals surface area contributed by atoms with Crippen LogP contribution in [0, 0.1) is 6.92 Å². The number of hydrogen-bond acceptors (Lipinski definition) is 7. The molecule has 0 saturated heterocycles. The highest BCUT2D eigenvalue weighted by Crippen LogP contribution is 2.22.